The molecular weight excluding hydrogens is 1000 g/mol. The zero-order chi connectivity index (χ0) is 54.4. The molecule has 22 nitrogen and oxygen atoms in total. The number of nitrogens with zero attached hydrogens (tertiary/aromatic N) is 1. The van der Waals surface area contributed by atoms with Gasteiger partial charge in [-0.15, -0.1) is 0 Å². The molecule has 0 unspecified atom stereocenters. The molecule has 0 saturated heterocycles. The van der Waals surface area contributed by atoms with Gasteiger partial charge in [-0.3, -0.25) is 33.6 Å². The van der Waals surface area contributed by atoms with Gasteiger partial charge in [0.1, 0.15) is 53.2 Å². The highest BCUT2D eigenvalue weighted by Gasteiger charge is 2.53. The number of amides is 7. The fraction of sp³-hybridized carbons (Fsp3) is 0.302. The van der Waals surface area contributed by atoms with Crippen LogP contribution in [0.1, 0.15) is 71.6 Å². The van der Waals surface area contributed by atoms with E-state index in [0.29, 0.717) is 33.5 Å². The SMILES string of the molecule is CC(=O)NCC(=O)N[C@H](Cc1c[nH]c2ccccc12)C(=O)N[C@H](CSCc1ccc2c(c1)C(=O)OC21c2ccc(O)cc2Oc2cc(O)ccc21)C(=O)N[C@H](Cc1cnc[nH]1)C(=O)N[C@@H](C(=O)N[C@H](C)C(N)=O)C(C)C. The van der Waals surface area contributed by atoms with Gasteiger partial charge in [-0.05, 0) is 60.4 Å². The number of aromatic hydroxyl groups is 2. The van der Waals surface area contributed by atoms with E-state index >= 15 is 0 Å². The number of primary amides is 1. The molecule has 23 heteroatoms. The van der Waals surface area contributed by atoms with E-state index in [9.17, 15) is 48.6 Å². The van der Waals surface area contributed by atoms with Gasteiger partial charge in [0.2, 0.25) is 41.4 Å². The fourth-order valence-electron chi connectivity index (χ4n) is 9.03. The van der Waals surface area contributed by atoms with Gasteiger partial charge in [-0.25, -0.2) is 9.78 Å². The van der Waals surface area contributed by atoms with Crippen LogP contribution in [0.5, 0.6) is 23.0 Å². The summed E-state index contributed by atoms with van der Waals surface area (Å²) in [6.07, 6.45) is 4.34. The Kier molecular flexibility index (Phi) is 16.0. The third kappa shape index (κ3) is 11.7. The quantitative estimate of drug-likeness (QED) is 0.0461. The molecule has 2 aromatic heterocycles. The Morgan fingerprint density at radius 3 is 2.05 bits per heavy atom. The average molecular weight is 1060 g/mol. The Bertz CT molecular complexity index is 3180. The van der Waals surface area contributed by atoms with Crippen LogP contribution in [0.2, 0.25) is 0 Å². The smallest absolute Gasteiger partial charge is 0.340 e. The molecule has 2 aliphatic rings. The summed E-state index contributed by atoms with van der Waals surface area (Å²) in [5, 5.41) is 37.3. The first kappa shape index (κ1) is 53.4. The van der Waals surface area contributed by atoms with Crippen molar-refractivity contribution in [2.24, 2.45) is 11.7 Å². The predicted octanol–water partition coefficient (Wildman–Crippen LogP) is 2.31. The molecule has 4 heterocycles. The first-order chi connectivity index (χ1) is 36.3. The lowest BCUT2D eigenvalue weighted by Gasteiger charge is -2.36. The van der Waals surface area contributed by atoms with Crippen LogP contribution in [-0.2, 0) is 62.5 Å². The van der Waals surface area contributed by atoms with E-state index in [1.54, 1.807) is 50.4 Å². The second-order valence-electron chi connectivity index (χ2n) is 18.8. The van der Waals surface area contributed by atoms with Crippen LogP contribution in [0.15, 0.2) is 97.6 Å². The minimum atomic E-state index is -1.50. The molecule has 4 aromatic carbocycles. The molecule has 396 valence electrons. The van der Waals surface area contributed by atoms with Crippen LogP contribution in [0.4, 0.5) is 0 Å². The molecule has 76 heavy (non-hydrogen) atoms. The highest BCUT2D eigenvalue weighted by molar-refractivity contribution is 7.98. The molecular formula is C53H56N10O12S. The van der Waals surface area contributed by atoms with Crippen molar-refractivity contribution < 1.29 is 58.0 Å². The molecule has 5 atom stereocenters. The minimum absolute atomic E-state index is 0.0445. The highest BCUT2D eigenvalue weighted by Crippen LogP contribution is 2.57. The second-order valence-corrected chi connectivity index (χ2v) is 19.8. The minimum Gasteiger partial charge on any atom is -0.508 e. The second kappa shape index (κ2) is 22.7. The molecule has 0 saturated carbocycles. The van der Waals surface area contributed by atoms with E-state index in [-0.39, 0.29) is 52.9 Å². The van der Waals surface area contributed by atoms with Gasteiger partial charge >= 0.3 is 5.97 Å². The number of nitrogens with one attached hydrogen (secondary N) is 8. The number of fused-ring (bicyclic) bond motifs is 7. The monoisotopic (exact) mass is 1060 g/mol. The first-order valence-corrected chi connectivity index (χ1v) is 25.3. The van der Waals surface area contributed by atoms with Crippen LogP contribution >= 0.6 is 11.8 Å². The summed E-state index contributed by atoms with van der Waals surface area (Å²) in [4.78, 5) is 118. The Labute approximate surface area is 439 Å². The van der Waals surface area contributed by atoms with Crippen molar-refractivity contribution in [1.82, 2.24) is 46.9 Å². The van der Waals surface area contributed by atoms with Crippen molar-refractivity contribution in [2.75, 3.05) is 12.3 Å². The normalized spacial score (nSPS) is 14.8. The maximum Gasteiger partial charge on any atom is 0.340 e. The standard InChI is InChI=1S/C53H56N10O12S/c1-26(2)46(51(72)59-27(3)47(54)68)63-49(70)41(17-31-21-55-25-58-31)61-50(71)42(62-48(69)40(60-45(67)22-56-28(4)64)16-30-20-57-39-8-6-5-7-34(30)39)24-76-23-29-9-12-36-35(15-29)52(73)75-53(36)37-13-10-32(65)18-43(37)74-44-19-33(66)11-14-38(44)53/h5-15,18-21,25-27,40-42,46,57,65-66H,16-17,22-24H2,1-4H3,(H2,54,68)(H,55,58)(H,56,64)(H,59,72)(H,60,67)(H,61,71)(H,62,69)(H,63,70)/t27-,40-,41-,42-,46-/m1/s1. The van der Waals surface area contributed by atoms with E-state index in [4.69, 9.17) is 15.2 Å². The maximum absolute atomic E-state index is 14.7. The number of rotatable bonds is 21. The van der Waals surface area contributed by atoms with E-state index in [1.807, 2.05) is 24.3 Å². The van der Waals surface area contributed by atoms with Gasteiger partial charge in [0.05, 0.1) is 18.4 Å². The Morgan fingerprint density at radius 1 is 0.750 bits per heavy atom. The van der Waals surface area contributed by atoms with Crippen LogP contribution in [0.25, 0.3) is 10.9 Å². The molecule has 1 spiro atoms. The molecule has 2 aliphatic heterocycles. The fourth-order valence-corrected chi connectivity index (χ4v) is 10.0. The van der Waals surface area contributed by atoms with Crippen molar-refractivity contribution in [2.45, 2.75) is 82.1 Å². The molecule has 7 amide bonds. The van der Waals surface area contributed by atoms with Gasteiger partial charge in [0.25, 0.3) is 0 Å². The zero-order valence-corrected chi connectivity index (χ0v) is 42.5. The summed E-state index contributed by atoms with van der Waals surface area (Å²) in [5.41, 5.74) is 7.95. The molecule has 6 aromatic rings. The number of ether oxygens (including phenoxy) is 2. The molecule has 0 aliphatic carbocycles. The molecule has 0 bridgehead atoms. The van der Waals surface area contributed by atoms with Crippen molar-refractivity contribution in [1.29, 1.82) is 0 Å². The maximum atomic E-state index is 14.7. The summed E-state index contributed by atoms with van der Waals surface area (Å²) >= 11 is 1.20. The average Bonchev–Trinajstić information content (AvgIpc) is 4.20. The largest absolute Gasteiger partial charge is 0.508 e. The van der Waals surface area contributed by atoms with Crippen LogP contribution in [-0.4, -0.2) is 115 Å². The summed E-state index contributed by atoms with van der Waals surface area (Å²) in [7, 11) is 0. The third-order valence-corrected chi connectivity index (χ3v) is 14.0. The number of esters is 1. The van der Waals surface area contributed by atoms with Crippen molar-refractivity contribution >= 4 is 70.0 Å². The number of hydrogen-bond acceptors (Lipinski definition) is 14. The van der Waals surface area contributed by atoms with Crippen molar-refractivity contribution in [3.05, 3.63) is 137 Å². The number of benzene rings is 4. The summed E-state index contributed by atoms with van der Waals surface area (Å²) in [5.74, 6) is -5.90. The van der Waals surface area contributed by atoms with E-state index in [1.165, 1.54) is 62.4 Å². The van der Waals surface area contributed by atoms with E-state index in [0.717, 1.165) is 10.9 Å². The van der Waals surface area contributed by atoms with Crippen LogP contribution < -0.4 is 42.4 Å². The van der Waals surface area contributed by atoms with Gasteiger partial charge in [-0.1, -0.05) is 44.2 Å². The van der Waals surface area contributed by atoms with Crippen molar-refractivity contribution in [3.63, 3.8) is 0 Å². The Hall–Kier alpha value is -8.86. The molecule has 0 radical (unpaired) electrons. The third-order valence-electron chi connectivity index (χ3n) is 12.9. The topological polar surface area (TPSA) is 338 Å². The number of imidazole rings is 1. The number of phenolic OH excluding ortho intramolecular Hbond substituents is 2. The number of thioether (sulfide) groups is 1. The number of carbonyl (C=O) groups excluding carboxylic acids is 8. The summed E-state index contributed by atoms with van der Waals surface area (Å²) in [6.45, 7) is 5.55. The van der Waals surface area contributed by atoms with Crippen molar-refractivity contribution in [3.8, 4) is 23.0 Å². The Balaban J connectivity index is 1.08. The molecule has 0 fully saturated rings. The van der Waals surface area contributed by atoms with E-state index < -0.39 is 95.6 Å². The van der Waals surface area contributed by atoms with Gasteiger partial charge in [0.15, 0.2) is 5.60 Å². The van der Waals surface area contributed by atoms with Gasteiger partial charge in [0, 0.05) is 89.1 Å². The Morgan fingerprint density at radius 2 is 1.39 bits per heavy atom. The van der Waals surface area contributed by atoms with Crippen LogP contribution in [0.3, 0.4) is 0 Å². The predicted molar refractivity (Wildman–Crippen MR) is 277 cm³/mol. The zero-order valence-electron chi connectivity index (χ0n) is 41.6. The number of hydrogen-bond donors (Lipinski definition) is 11. The molecule has 12 N–H and O–H groups in total. The first-order valence-electron chi connectivity index (χ1n) is 24.2. The number of aromatic amines is 2. The number of para-hydroxylation sites is 1. The lowest BCUT2D eigenvalue weighted by atomic mass is 9.77. The number of nitrogens with two attached hydrogens (primary N) is 1. The molecule has 8 rings (SSSR count). The van der Waals surface area contributed by atoms with Gasteiger partial charge < -0.3 is 67.3 Å². The number of H-pyrrole nitrogens is 2. The highest BCUT2D eigenvalue weighted by atomic mass is 32.2. The van der Waals surface area contributed by atoms with Crippen LogP contribution in [0, 0.1) is 5.92 Å². The lowest BCUT2D eigenvalue weighted by molar-refractivity contribution is -0.135. The number of aromatic nitrogens is 3. The van der Waals surface area contributed by atoms with Gasteiger partial charge in [-0.2, -0.15) is 11.8 Å². The number of carbonyl (C=O) groups is 8. The number of phenols is 2. The summed E-state index contributed by atoms with van der Waals surface area (Å²) in [6, 6.07) is 15.1. The summed E-state index contributed by atoms with van der Waals surface area (Å²) < 4.78 is 12.3. The lowest BCUT2D eigenvalue weighted by Crippen LogP contribution is -2.60. The van der Waals surface area contributed by atoms with E-state index in [2.05, 4.69) is 46.9 Å².